The average molecular weight is 719 g/mol. The first-order valence-electron chi connectivity index (χ1n) is 18.8. The largest absolute Gasteiger partial charge is 0.310 e. The van der Waals surface area contributed by atoms with Crippen molar-refractivity contribution in [3.05, 3.63) is 206 Å². The van der Waals surface area contributed by atoms with Gasteiger partial charge >= 0.3 is 0 Å². The molecule has 11 rings (SSSR count). The summed E-state index contributed by atoms with van der Waals surface area (Å²) < 4.78 is 5.03. The molecule has 2 heterocycles. The highest BCUT2D eigenvalue weighted by Gasteiger charge is 2.21. The summed E-state index contributed by atoms with van der Waals surface area (Å²) in [6.07, 6.45) is 0. The number of hydrogen-bond donors (Lipinski definition) is 0. The first kappa shape index (κ1) is 31.6. The third-order valence-corrected chi connectivity index (χ3v) is 12.1. The Labute approximate surface area is 323 Å². The van der Waals surface area contributed by atoms with E-state index in [0.29, 0.717) is 0 Å². The van der Waals surface area contributed by atoms with Gasteiger partial charge in [-0.25, -0.2) is 0 Å². The summed E-state index contributed by atoms with van der Waals surface area (Å²) in [5.74, 6) is 0. The number of nitrogens with zero attached hydrogens (tertiary/aromatic N) is 2. The highest BCUT2D eigenvalue weighted by atomic mass is 32.1. The summed E-state index contributed by atoms with van der Waals surface area (Å²) in [6, 6.07) is 75.2. The fraction of sp³-hybridized carbons (Fsp3) is 0. The Kier molecular flexibility index (Phi) is 7.39. The van der Waals surface area contributed by atoms with Gasteiger partial charge in [-0.1, -0.05) is 133 Å². The molecular formula is C52H34N2S. The second kappa shape index (κ2) is 12.9. The second-order valence-electron chi connectivity index (χ2n) is 14.1. The number of aromatic nitrogens is 1. The molecule has 0 unspecified atom stereocenters. The highest BCUT2D eigenvalue weighted by molar-refractivity contribution is 7.25. The third-order valence-electron chi connectivity index (χ3n) is 11.0. The topological polar surface area (TPSA) is 8.17 Å². The van der Waals surface area contributed by atoms with Gasteiger partial charge in [0.1, 0.15) is 0 Å². The van der Waals surface area contributed by atoms with E-state index in [4.69, 9.17) is 0 Å². The molecule has 0 N–H and O–H groups in total. The molecule has 0 atom stereocenters. The van der Waals surface area contributed by atoms with Crippen molar-refractivity contribution in [2.24, 2.45) is 0 Å². The lowest BCUT2D eigenvalue weighted by molar-refractivity contribution is 1.18. The van der Waals surface area contributed by atoms with Crippen molar-refractivity contribution in [3.8, 4) is 27.9 Å². The van der Waals surface area contributed by atoms with E-state index >= 15 is 0 Å². The molecule has 0 saturated heterocycles. The normalized spacial score (nSPS) is 11.6. The van der Waals surface area contributed by atoms with E-state index < -0.39 is 0 Å². The quantitative estimate of drug-likeness (QED) is 0.166. The molecule has 258 valence electrons. The maximum Gasteiger partial charge on any atom is 0.0547 e. The number of hydrogen-bond acceptors (Lipinski definition) is 2. The highest BCUT2D eigenvalue weighted by Crippen LogP contribution is 2.46. The Morgan fingerprint density at radius 2 is 1.05 bits per heavy atom. The van der Waals surface area contributed by atoms with Crippen LogP contribution in [0.15, 0.2) is 206 Å². The Hall–Kier alpha value is -6.94. The SMILES string of the molecule is c1ccc(-c2cccc3c2c2cc(-c4ccc(N(c5ccccc5)c5ccc6sc7ccccc7c6c5)c5ccccc45)ccc2n3-c2ccccc2)cc1. The molecule has 2 aromatic heterocycles. The number of para-hydroxylation sites is 2. The van der Waals surface area contributed by atoms with Crippen molar-refractivity contribution in [2.45, 2.75) is 0 Å². The number of fused-ring (bicyclic) bond motifs is 7. The minimum atomic E-state index is 1.13. The van der Waals surface area contributed by atoms with E-state index in [1.165, 1.54) is 75.0 Å². The standard InChI is InChI=1S/C52H34N2S/c1-4-15-35(16-5-1)41-24-14-25-49-52(41)46-33-36(27-30-48(46)54(49)38-19-8-3-9-20-38)40-29-31-47(43-22-11-10-21-42(40)43)53(37-17-6-2-7-18-37)39-28-32-51-45(34-39)44-23-12-13-26-50(44)55-51/h1-34H. The minimum absolute atomic E-state index is 1.13. The Morgan fingerprint density at radius 3 is 1.87 bits per heavy atom. The predicted molar refractivity (Wildman–Crippen MR) is 237 cm³/mol. The zero-order valence-electron chi connectivity index (χ0n) is 29.9. The van der Waals surface area contributed by atoms with Crippen molar-refractivity contribution in [2.75, 3.05) is 4.90 Å². The minimum Gasteiger partial charge on any atom is -0.310 e. The van der Waals surface area contributed by atoms with Crippen LogP contribution in [0.3, 0.4) is 0 Å². The molecule has 3 heteroatoms. The first-order valence-corrected chi connectivity index (χ1v) is 19.6. The van der Waals surface area contributed by atoms with Crippen LogP contribution in [-0.2, 0) is 0 Å². The van der Waals surface area contributed by atoms with Crippen LogP contribution in [0.25, 0.3) is 80.7 Å². The van der Waals surface area contributed by atoms with Gasteiger partial charge in [-0.05, 0) is 100 Å². The molecule has 0 aliphatic rings. The van der Waals surface area contributed by atoms with Crippen molar-refractivity contribution in [1.82, 2.24) is 4.57 Å². The third kappa shape index (κ3) is 5.16. The maximum absolute atomic E-state index is 2.42. The molecule has 55 heavy (non-hydrogen) atoms. The van der Waals surface area contributed by atoms with Gasteiger partial charge in [0, 0.05) is 53.4 Å². The molecule has 0 bridgehead atoms. The number of anilines is 3. The van der Waals surface area contributed by atoms with Crippen LogP contribution in [0.2, 0.25) is 0 Å². The lowest BCUT2D eigenvalue weighted by atomic mass is 9.94. The fourth-order valence-corrected chi connectivity index (χ4v) is 9.63. The summed E-state index contributed by atoms with van der Waals surface area (Å²) in [4.78, 5) is 2.42. The molecule has 11 aromatic rings. The van der Waals surface area contributed by atoms with Crippen LogP contribution in [0.1, 0.15) is 0 Å². The zero-order chi connectivity index (χ0) is 36.3. The van der Waals surface area contributed by atoms with E-state index in [2.05, 4.69) is 216 Å². The Morgan fingerprint density at radius 1 is 0.364 bits per heavy atom. The summed E-state index contributed by atoms with van der Waals surface area (Å²) in [5.41, 5.74) is 11.8. The van der Waals surface area contributed by atoms with Crippen LogP contribution in [0.4, 0.5) is 17.1 Å². The molecule has 2 nitrogen and oxygen atoms in total. The van der Waals surface area contributed by atoms with Crippen LogP contribution < -0.4 is 4.90 Å². The van der Waals surface area contributed by atoms with E-state index in [1.807, 2.05) is 11.3 Å². The van der Waals surface area contributed by atoms with E-state index in [0.717, 1.165) is 22.7 Å². The number of rotatable bonds is 6. The molecule has 0 saturated carbocycles. The molecule has 9 aromatic carbocycles. The summed E-state index contributed by atoms with van der Waals surface area (Å²) in [7, 11) is 0. The van der Waals surface area contributed by atoms with Gasteiger partial charge in [-0.15, -0.1) is 11.3 Å². The lowest BCUT2D eigenvalue weighted by Crippen LogP contribution is -2.10. The monoisotopic (exact) mass is 718 g/mol. The number of thiophene rings is 1. The van der Waals surface area contributed by atoms with Gasteiger partial charge in [0.05, 0.1) is 16.7 Å². The lowest BCUT2D eigenvalue weighted by Gasteiger charge is -2.27. The predicted octanol–water partition coefficient (Wildman–Crippen LogP) is 15.1. The van der Waals surface area contributed by atoms with E-state index in [1.54, 1.807) is 0 Å². The van der Waals surface area contributed by atoms with Crippen LogP contribution in [-0.4, -0.2) is 4.57 Å². The smallest absolute Gasteiger partial charge is 0.0547 e. The molecule has 0 amide bonds. The van der Waals surface area contributed by atoms with Gasteiger partial charge in [-0.3, -0.25) is 0 Å². The van der Waals surface area contributed by atoms with Gasteiger partial charge in [0.25, 0.3) is 0 Å². The van der Waals surface area contributed by atoms with Gasteiger partial charge in [0.15, 0.2) is 0 Å². The second-order valence-corrected chi connectivity index (χ2v) is 15.2. The number of benzene rings is 9. The van der Waals surface area contributed by atoms with E-state index in [-0.39, 0.29) is 0 Å². The molecule has 0 aliphatic heterocycles. The van der Waals surface area contributed by atoms with Gasteiger partial charge in [-0.2, -0.15) is 0 Å². The molecular weight excluding hydrogens is 685 g/mol. The average Bonchev–Trinajstić information content (AvgIpc) is 3.80. The van der Waals surface area contributed by atoms with Crippen molar-refractivity contribution >= 4 is 81.1 Å². The Balaban J connectivity index is 1.13. The van der Waals surface area contributed by atoms with Crippen molar-refractivity contribution in [3.63, 3.8) is 0 Å². The van der Waals surface area contributed by atoms with Crippen molar-refractivity contribution in [1.29, 1.82) is 0 Å². The molecule has 0 fully saturated rings. The first-order chi connectivity index (χ1) is 27.3. The summed E-state index contributed by atoms with van der Waals surface area (Å²) >= 11 is 1.86. The maximum atomic E-state index is 2.42. The molecule has 0 spiro atoms. The summed E-state index contributed by atoms with van der Waals surface area (Å²) in [5, 5.41) is 7.52. The van der Waals surface area contributed by atoms with Crippen molar-refractivity contribution < 1.29 is 0 Å². The van der Waals surface area contributed by atoms with Gasteiger partial charge in [0.2, 0.25) is 0 Å². The molecule has 0 aliphatic carbocycles. The summed E-state index contributed by atoms with van der Waals surface area (Å²) in [6.45, 7) is 0. The van der Waals surface area contributed by atoms with Crippen LogP contribution >= 0.6 is 11.3 Å². The van der Waals surface area contributed by atoms with Crippen LogP contribution in [0.5, 0.6) is 0 Å². The Bertz CT molecular complexity index is 3200. The fourth-order valence-electron chi connectivity index (χ4n) is 8.54. The van der Waals surface area contributed by atoms with E-state index in [9.17, 15) is 0 Å². The van der Waals surface area contributed by atoms with Gasteiger partial charge < -0.3 is 9.47 Å². The van der Waals surface area contributed by atoms with Crippen LogP contribution in [0, 0.1) is 0 Å². The zero-order valence-corrected chi connectivity index (χ0v) is 30.7. The molecule has 0 radical (unpaired) electrons.